The summed E-state index contributed by atoms with van der Waals surface area (Å²) in [4.78, 5) is 19.1. The average molecular weight is 436 g/mol. The van der Waals surface area contributed by atoms with Crippen LogP contribution in [0.15, 0.2) is 33.7 Å². The van der Waals surface area contributed by atoms with Crippen LogP contribution >= 0.6 is 15.9 Å². The molecule has 0 amide bonds. The summed E-state index contributed by atoms with van der Waals surface area (Å²) in [6.45, 7) is 5.45. The molecule has 0 radical (unpaired) electrons. The van der Waals surface area contributed by atoms with Crippen LogP contribution in [0.5, 0.6) is 0 Å². The second kappa shape index (κ2) is 9.09. The van der Waals surface area contributed by atoms with Crippen LogP contribution in [-0.4, -0.2) is 50.1 Å². The van der Waals surface area contributed by atoms with E-state index in [0.29, 0.717) is 0 Å². The minimum Gasteiger partial charge on any atom is -0.469 e. The number of esters is 1. The van der Waals surface area contributed by atoms with Gasteiger partial charge in [0.1, 0.15) is 0 Å². The summed E-state index contributed by atoms with van der Waals surface area (Å²) < 4.78 is 6.01. The summed E-state index contributed by atoms with van der Waals surface area (Å²) in [5.41, 5.74) is 1.56. The maximum Gasteiger partial charge on any atom is 0.308 e. The molecule has 2 aliphatic rings. The van der Waals surface area contributed by atoms with Gasteiger partial charge in [-0.15, -0.1) is 0 Å². The van der Waals surface area contributed by atoms with Gasteiger partial charge < -0.3 is 15.0 Å². The van der Waals surface area contributed by atoms with Crippen molar-refractivity contribution in [3.05, 3.63) is 34.3 Å². The first-order valence-electron chi connectivity index (χ1n) is 9.95. The molecule has 1 aliphatic carbocycles. The number of hydrogen-bond donors (Lipinski definition) is 1. The fourth-order valence-corrected chi connectivity index (χ4v) is 4.36. The fourth-order valence-electron chi connectivity index (χ4n) is 4.09. The summed E-state index contributed by atoms with van der Waals surface area (Å²) in [7, 11) is 1.47. The van der Waals surface area contributed by atoms with Crippen LogP contribution in [-0.2, 0) is 14.9 Å². The molecule has 0 spiro atoms. The molecule has 1 saturated heterocycles. The highest BCUT2D eigenvalue weighted by molar-refractivity contribution is 9.10. The number of likely N-dealkylation sites (tertiary alicyclic amines) is 1. The second-order valence-electron chi connectivity index (χ2n) is 7.60. The fraction of sp³-hybridized carbons (Fsp3) is 0.619. The highest BCUT2D eigenvalue weighted by Gasteiger charge is 2.38. The number of nitrogens with zero attached hydrogens (tertiary/aromatic N) is 2. The van der Waals surface area contributed by atoms with Crippen LogP contribution in [0.25, 0.3) is 0 Å². The van der Waals surface area contributed by atoms with Crippen LogP contribution in [0, 0.1) is 5.92 Å². The van der Waals surface area contributed by atoms with E-state index in [4.69, 9.17) is 9.73 Å². The Labute approximate surface area is 170 Å². The largest absolute Gasteiger partial charge is 0.469 e. The van der Waals surface area contributed by atoms with Crippen molar-refractivity contribution in [2.75, 3.05) is 33.3 Å². The van der Waals surface area contributed by atoms with Crippen molar-refractivity contribution >= 4 is 27.9 Å². The molecule has 0 aromatic heterocycles. The molecule has 5 nitrogen and oxygen atoms in total. The predicted molar refractivity (Wildman–Crippen MR) is 112 cm³/mol. The predicted octanol–water partition coefficient (Wildman–Crippen LogP) is 3.72. The third-order valence-electron chi connectivity index (χ3n) is 5.96. The van der Waals surface area contributed by atoms with E-state index < -0.39 is 0 Å². The Kier molecular flexibility index (Phi) is 6.79. The number of aliphatic imine (C=N–C) groups is 1. The van der Waals surface area contributed by atoms with Gasteiger partial charge in [0.05, 0.1) is 19.6 Å². The van der Waals surface area contributed by atoms with E-state index in [9.17, 15) is 4.79 Å². The molecule has 0 atom stereocenters. The molecule has 1 aliphatic heterocycles. The lowest BCUT2D eigenvalue weighted by Crippen LogP contribution is -2.47. The maximum absolute atomic E-state index is 11.8. The Bertz CT molecular complexity index is 663. The first kappa shape index (κ1) is 20.2. The van der Waals surface area contributed by atoms with Gasteiger partial charge in [0.25, 0.3) is 0 Å². The zero-order valence-electron chi connectivity index (χ0n) is 16.3. The molecule has 1 saturated carbocycles. The van der Waals surface area contributed by atoms with Gasteiger partial charge in [-0.1, -0.05) is 34.5 Å². The van der Waals surface area contributed by atoms with Crippen LogP contribution in [0.4, 0.5) is 0 Å². The van der Waals surface area contributed by atoms with Gasteiger partial charge in [0.15, 0.2) is 5.96 Å². The summed E-state index contributed by atoms with van der Waals surface area (Å²) >= 11 is 3.53. The van der Waals surface area contributed by atoms with Crippen LogP contribution in [0.2, 0.25) is 0 Å². The smallest absolute Gasteiger partial charge is 0.308 e. The molecule has 148 valence electrons. The van der Waals surface area contributed by atoms with E-state index in [1.165, 1.54) is 31.9 Å². The first-order chi connectivity index (χ1) is 13.1. The monoisotopic (exact) mass is 435 g/mol. The number of benzene rings is 1. The number of methoxy groups -OCH3 is 1. The molecule has 1 N–H and O–H groups in total. The third-order valence-corrected chi connectivity index (χ3v) is 6.49. The van der Waals surface area contributed by atoms with Crippen molar-refractivity contribution in [3.8, 4) is 0 Å². The van der Waals surface area contributed by atoms with Crippen LogP contribution in [0.3, 0.4) is 0 Å². The molecule has 0 unspecified atom stereocenters. The highest BCUT2D eigenvalue weighted by atomic mass is 79.9. The van der Waals surface area contributed by atoms with Crippen molar-refractivity contribution in [1.29, 1.82) is 0 Å². The van der Waals surface area contributed by atoms with Crippen molar-refractivity contribution < 1.29 is 9.53 Å². The number of ether oxygens (including phenoxy) is 1. The van der Waals surface area contributed by atoms with Gasteiger partial charge in [-0.3, -0.25) is 9.79 Å². The van der Waals surface area contributed by atoms with E-state index in [1.54, 1.807) is 0 Å². The number of guanidine groups is 1. The molecular formula is C21H30BrN3O2. The van der Waals surface area contributed by atoms with Gasteiger partial charge in [-0.25, -0.2) is 0 Å². The topological polar surface area (TPSA) is 53.9 Å². The van der Waals surface area contributed by atoms with Crippen molar-refractivity contribution in [3.63, 3.8) is 0 Å². The minimum absolute atomic E-state index is 0.0230. The molecule has 3 rings (SSSR count). The van der Waals surface area contributed by atoms with E-state index >= 15 is 0 Å². The highest BCUT2D eigenvalue weighted by Crippen LogP contribution is 2.44. The Hall–Kier alpha value is -1.56. The van der Waals surface area contributed by atoms with E-state index in [2.05, 4.69) is 57.3 Å². The Balaban J connectivity index is 1.68. The summed E-state index contributed by atoms with van der Waals surface area (Å²) in [5, 5.41) is 3.44. The summed E-state index contributed by atoms with van der Waals surface area (Å²) in [5.74, 6) is 0.916. The molecule has 6 heteroatoms. The van der Waals surface area contributed by atoms with Crippen molar-refractivity contribution in [2.24, 2.45) is 10.9 Å². The Morgan fingerprint density at radius 2 is 1.96 bits per heavy atom. The summed E-state index contributed by atoms with van der Waals surface area (Å²) in [6, 6.07) is 8.71. The number of carbonyl (C=O) groups is 1. The van der Waals surface area contributed by atoms with Gasteiger partial charge in [-0.2, -0.15) is 0 Å². The zero-order chi connectivity index (χ0) is 19.3. The second-order valence-corrected chi connectivity index (χ2v) is 8.51. The number of hydrogen-bond acceptors (Lipinski definition) is 3. The lowest BCUT2D eigenvalue weighted by molar-refractivity contribution is -0.146. The quantitative estimate of drug-likeness (QED) is 0.434. The zero-order valence-corrected chi connectivity index (χ0v) is 17.9. The molecule has 27 heavy (non-hydrogen) atoms. The van der Waals surface area contributed by atoms with Crippen LogP contribution < -0.4 is 5.32 Å². The Morgan fingerprint density at radius 1 is 1.30 bits per heavy atom. The Morgan fingerprint density at radius 3 is 2.48 bits per heavy atom. The van der Waals surface area contributed by atoms with E-state index in [0.717, 1.165) is 49.5 Å². The number of carbonyl (C=O) groups excluding carboxylic acids is 1. The number of piperidine rings is 1. The number of rotatable bonds is 5. The van der Waals surface area contributed by atoms with Gasteiger partial charge >= 0.3 is 5.97 Å². The number of nitrogens with one attached hydrogen (secondary N) is 1. The lowest BCUT2D eigenvalue weighted by atomic mass is 9.64. The van der Waals surface area contributed by atoms with E-state index in [-0.39, 0.29) is 17.3 Å². The maximum atomic E-state index is 11.8. The standard InChI is InChI=1S/C21H30BrN3O2/c1-3-23-20(25-13-9-16(10-14-25)19(26)27-2)24-15-21(11-4-12-21)17-5-7-18(22)8-6-17/h5-8,16H,3-4,9-15H2,1-2H3,(H,23,24). The summed E-state index contributed by atoms with van der Waals surface area (Å²) in [6.07, 6.45) is 5.32. The van der Waals surface area contributed by atoms with Crippen molar-refractivity contribution in [1.82, 2.24) is 10.2 Å². The minimum atomic E-state index is -0.0831. The third kappa shape index (κ3) is 4.65. The molecule has 1 heterocycles. The van der Waals surface area contributed by atoms with E-state index in [1.807, 2.05) is 0 Å². The van der Waals surface area contributed by atoms with Crippen molar-refractivity contribution in [2.45, 2.75) is 44.4 Å². The number of halogens is 1. The van der Waals surface area contributed by atoms with Crippen LogP contribution in [0.1, 0.15) is 44.6 Å². The molecule has 1 aromatic carbocycles. The van der Waals surface area contributed by atoms with Gasteiger partial charge in [0, 0.05) is 29.5 Å². The molecule has 0 bridgehead atoms. The van der Waals surface area contributed by atoms with Gasteiger partial charge in [-0.05, 0) is 50.3 Å². The first-order valence-corrected chi connectivity index (χ1v) is 10.7. The lowest BCUT2D eigenvalue weighted by Gasteiger charge is -2.42. The molecule has 2 fully saturated rings. The molecular weight excluding hydrogens is 406 g/mol. The normalized spacial score (nSPS) is 20.1. The molecule has 1 aromatic rings. The SMILES string of the molecule is CCNC(=NCC1(c2ccc(Br)cc2)CCC1)N1CCC(C(=O)OC)CC1. The van der Waals surface area contributed by atoms with Gasteiger partial charge in [0.2, 0.25) is 0 Å². The average Bonchev–Trinajstić information content (AvgIpc) is 2.67.